The summed E-state index contributed by atoms with van der Waals surface area (Å²) in [4.78, 5) is 20.9. The average Bonchev–Trinajstić information content (AvgIpc) is 2.58. The number of ether oxygens (including phenoxy) is 2. The van der Waals surface area contributed by atoms with E-state index in [9.17, 15) is 14.9 Å². The van der Waals surface area contributed by atoms with E-state index in [-0.39, 0.29) is 11.3 Å². The largest absolute Gasteiger partial charge is 0.497 e. The van der Waals surface area contributed by atoms with Crippen molar-refractivity contribution < 1.29 is 19.2 Å². The minimum Gasteiger partial charge on any atom is -0.497 e. The number of benzene rings is 2. The van der Waals surface area contributed by atoms with Crippen LogP contribution in [-0.2, 0) is 0 Å². The van der Waals surface area contributed by atoms with Crippen molar-refractivity contribution in [2.45, 2.75) is 11.1 Å². The lowest BCUT2D eigenvalue weighted by Gasteiger charge is -2.32. The molecule has 0 bridgehead atoms. The first-order valence-corrected chi connectivity index (χ1v) is 7.14. The van der Waals surface area contributed by atoms with Crippen molar-refractivity contribution in [1.82, 2.24) is 0 Å². The number of ketones is 1. The highest BCUT2D eigenvalue weighted by Gasteiger charge is 2.62. The maximum atomic E-state index is 12.6. The van der Waals surface area contributed by atoms with Crippen LogP contribution in [0.25, 0.3) is 0 Å². The fourth-order valence-electron chi connectivity index (χ4n) is 2.52. The zero-order chi connectivity index (χ0) is 16.6. The number of carbonyl (C=O) groups is 1. The fraction of sp³-hybridized carbons (Fsp3) is 0.188. The van der Waals surface area contributed by atoms with Gasteiger partial charge in [0, 0.05) is 5.56 Å². The Morgan fingerprint density at radius 3 is 2.48 bits per heavy atom. The SMILES string of the molecule is COc1ccc([C@@H]2Oc3ccccc3C(=O)[C@@]2(Cl)[N+](=O)[O-])cc1. The molecule has 1 aliphatic rings. The third-order valence-electron chi connectivity index (χ3n) is 3.73. The highest BCUT2D eigenvalue weighted by Crippen LogP contribution is 2.45. The number of halogens is 1. The van der Waals surface area contributed by atoms with Crippen molar-refractivity contribution in [3.05, 3.63) is 69.8 Å². The molecule has 6 nitrogen and oxygen atoms in total. The van der Waals surface area contributed by atoms with Crippen LogP contribution < -0.4 is 9.47 Å². The molecule has 2 aromatic carbocycles. The molecule has 0 saturated carbocycles. The van der Waals surface area contributed by atoms with Crippen LogP contribution in [0.2, 0.25) is 0 Å². The van der Waals surface area contributed by atoms with Crippen molar-refractivity contribution in [3.63, 3.8) is 0 Å². The number of methoxy groups -OCH3 is 1. The first kappa shape index (κ1) is 15.3. The number of nitro groups is 1. The fourth-order valence-corrected chi connectivity index (χ4v) is 2.79. The number of Topliss-reactive ketones (excluding diaryl/α,β-unsaturated/α-hetero) is 1. The number of rotatable bonds is 3. The number of alkyl halides is 1. The van der Waals surface area contributed by atoms with E-state index in [4.69, 9.17) is 21.1 Å². The van der Waals surface area contributed by atoms with Crippen molar-refractivity contribution in [2.24, 2.45) is 0 Å². The van der Waals surface area contributed by atoms with Gasteiger partial charge in [0.2, 0.25) is 6.10 Å². The molecule has 118 valence electrons. The molecule has 0 fully saturated rings. The topological polar surface area (TPSA) is 78.7 Å². The van der Waals surface area contributed by atoms with Gasteiger partial charge in [0.1, 0.15) is 11.5 Å². The second-order valence-corrected chi connectivity index (χ2v) is 5.60. The van der Waals surface area contributed by atoms with Gasteiger partial charge in [-0.15, -0.1) is 0 Å². The molecule has 1 heterocycles. The lowest BCUT2D eigenvalue weighted by atomic mass is 9.91. The summed E-state index contributed by atoms with van der Waals surface area (Å²) in [5, 5.41) is 11.6. The zero-order valence-corrected chi connectivity index (χ0v) is 12.8. The number of carbonyl (C=O) groups excluding carboxylic acids is 1. The number of fused-ring (bicyclic) bond motifs is 1. The van der Waals surface area contributed by atoms with E-state index < -0.39 is 21.8 Å². The standard InChI is InChI=1S/C16H12ClNO5/c1-22-11-8-6-10(7-9-11)15-16(17,18(20)21)14(19)12-4-2-3-5-13(12)23-15/h2-9,15H,1H3/t15-,16+/m0/s1. The van der Waals surface area contributed by atoms with Gasteiger partial charge in [-0.25, -0.2) is 0 Å². The van der Waals surface area contributed by atoms with Gasteiger partial charge < -0.3 is 9.47 Å². The van der Waals surface area contributed by atoms with Gasteiger partial charge in [-0.1, -0.05) is 24.3 Å². The summed E-state index contributed by atoms with van der Waals surface area (Å²) in [6.07, 6.45) is -1.24. The molecule has 23 heavy (non-hydrogen) atoms. The first-order chi connectivity index (χ1) is 11.0. The molecule has 7 heteroatoms. The summed E-state index contributed by atoms with van der Waals surface area (Å²) in [5.74, 6) is 0.0702. The van der Waals surface area contributed by atoms with Crippen molar-refractivity contribution in [3.8, 4) is 11.5 Å². The number of hydrogen-bond acceptors (Lipinski definition) is 5. The van der Waals surface area contributed by atoms with Crippen LogP contribution in [-0.4, -0.2) is 22.8 Å². The van der Waals surface area contributed by atoms with E-state index in [2.05, 4.69) is 0 Å². The number of para-hydroxylation sites is 1. The van der Waals surface area contributed by atoms with Crippen molar-refractivity contribution >= 4 is 17.4 Å². The predicted molar refractivity (Wildman–Crippen MR) is 82.7 cm³/mol. The predicted octanol–water partition coefficient (Wildman–Crippen LogP) is 3.22. The Kier molecular flexibility index (Phi) is 3.69. The Morgan fingerprint density at radius 2 is 1.87 bits per heavy atom. The lowest BCUT2D eigenvalue weighted by Crippen LogP contribution is -2.51. The Hall–Kier alpha value is -2.60. The van der Waals surface area contributed by atoms with Gasteiger partial charge in [-0.2, -0.15) is 0 Å². The lowest BCUT2D eigenvalue weighted by molar-refractivity contribution is -0.536. The monoisotopic (exact) mass is 333 g/mol. The third-order valence-corrected chi connectivity index (χ3v) is 4.23. The van der Waals surface area contributed by atoms with E-state index in [0.29, 0.717) is 11.3 Å². The van der Waals surface area contributed by atoms with Crippen LogP contribution in [0, 0.1) is 10.1 Å². The molecule has 2 atom stereocenters. The molecule has 2 aromatic rings. The van der Waals surface area contributed by atoms with E-state index in [0.717, 1.165) is 0 Å². The quantitative estimate of drug-likeness (QED) is 0.373. The summed E-state index contributed by atoms with van der Waals surface area (Å²) >= 11 is 6.16. The Morgan fingerprint density at radius 1 is 1.22 bits per heavy atom. The van der Waals surface area contributed by atoms with E-state index in [1.54, 1.807) is 42.5 Å². The van der Waals surface area contributed by atoms with E-state index in [1.807, 2.05) is 0 Å². The zero-order valence-electron chi connectivity index (χ0n) is 12.1. The van der Waals surface area contributed by atoms with Gasteiger partial charge >= 0.3 is 5.00 Å². The van der Waals surface area contributed by atoms with Gasteiger partial charge in [0.25, 0.3) is 5.78 Å². The molecular formula is C16H12ClNO5. The van der Waals surface area contributed by atoms with Crippen LogP contribution >= 0.6 is 11.6 Å². The number of nitrogens with zero attached hydrogens (tertiary/aromatic N) is 1. The average molecular weight is 334 g/mol. The molecule has 0 aromatic heterocycles. The van der Waals surface area contributed by atoms with Gasteiger partial charge in [0.05, 0.1) is 17.6 Å². The highest BCUT2D eigenvalue weighted by molar-refractivity contribution is 6.37. The van der Waals surface area contributed by atoms with Gasteiger partial charge in [-0.3, -0.25) is 14.9 Å². The molecule has 0 spiro atoms. The molecule has 0 saturated heterocycles. The maximum absolute atomic E-state index is 12.6. The van der Waals surface area contributed by atoms with E-state index in [1.165, 1.54) is 13.2 Å². The Labute approximate surface area is 136 Å². The molecule has 0 radical (unpaired) electrons. The maximum Gasteiger partial charge on any atom is 0.397 e. The van der Waals surface area contributed by atoms with Gasteiger partial charge in [-0.05, 0) is 35.9 Å². The number of hydrogen-bond donors (Lipinski definition) is 0. The van der Waals surface area contributed by atoms with E-state index >= 15 is 0 Å². The Bertz CT molecular complexity index is 776. The minimum absolute atomic E-state index is 0.101. The summed E-state index contributed by atoms with van der Waals surface area (Å²) in [5.41, 5.74) is 0.518. The normalized spacial score (nSPS) is 22.9. The molecule has 1 aliphatic heterocycles. The molecule has 0 unspecified atom stereocenters. The minimum atomic E-state index is -2.41. The molecule has 3 rings (SSSR count). The molecular weight excluding hydrogens is 322 g/mol. The van der Waals surface area contributed by atoms with Crippen LogP contribution in [0.3, 0.4) is 0 Å². The third kappa shape index (κ3) is 2.31. The summed E-state index contributed by atoms with van der Waals surface area (Å²) < 4.78 is 10.8. The smallest absolute Gasteiger partial charge is 0.397 e. The van der Waals surface area contributed by atoms with Crippen LogP contribution in [0.4, 0.5) is 0 Å². The van der Waals surface area contributed by atoms with Crippen LogP contribution in [0.5, 0.6) is 11.5 Å². The summed E-state index contributed by atoms with van der Waals surface area (Å²) in [7, 11) is 1.51. The highest BCUT2D eigenvalue weighted by atomic mass is 35.5. The Balaban J connectivity index is 2.13. The second kappa shape index (κ2) is 5.55. The van der Waals surface area contributed by atoms with Crippen LogP contribution in [0.15, 0.2) is 48.5 Å². The summed E-state index contributed by atoms with van der Waals surface area (Å²) in [6, 6.07) is 12.8. The molecule has 0 amide bonds. The van der Waals surface area contributed by atoms with Gasteiger partial charge in [0.15, 0.2) is 0 Å². The van der Waals surface area contributed by atoms with Crippen molar-refractivity contribution in [1.29, 1.82) is 0 Å². The summed E-state index contributed by atoms with van der Waals surface area (Å²) in [6.45, 7) is 0. The second-order valence-electron chi connectivity index (χ2n) is 5.03. The molecule has 0 N–H and O–H groups in total. The van der Waals surface area contributed by atoms with Crippen LogP contribution in [0.1, 0.15) is 22.0 Å². The van der Waals surface area contributed by atoms with Crippen molar-refractivity contribution in [2.75, 3.05) is 7.11 Å². The molecule has 0 aliphatic carbocycles. The first-order valence-electron chi connectivity index (χ1n) is 6.76.